The summed E-state index contributed by atoms with van der Waals surface area (Å²) in [6, 6.07) is 1.56. The summed E-state index contributed by atoms with van der Waals surface area (Å²) in [4.78, 5) is 4.08. The molecule has 0 saturated heterocycles. The molecule has 3 nitrogen and oxygen atoms in total. The van der Waals surface area contributed by atoms with Crippen molar-refractivity contribution in [3.63, 3.8) is 0 Å². The first-order chi connectivity index (χ1) is 5.68. The van der Waals surface area contributed by atoms with Gasteiger partial charge in [-0.3, -0.25) is 0 Å². The second-order valence-corrected chi connectivity index (χ2v) is 3.24. The quantitative estimate of drug-likeness (QED) is 0.613. The lowest BCUT2D eigenvalue weighted by Gasteiger charge is -1.96. The van der Waals surface area contributed by atoms with Gasteiger partial charge < -0.3 is 0 Å². The van der Waals surface area contributed by atoms with Gasteiger partial charge in [-0.05, 0) is 6.92 Å². The number of rotatable bonds is 0. The molecule has 0 N–H and O–H groups in total. The zero-order valence-corrected chi connectivity index (χ0v) is 7.76. The lowest BCUT2D eigenvalue weighted by molar-refractivity contribution is 0.940. The van der Waals surface area contributed by atoms with Gasteiger partial charge in [0, 0.05) is 11.6 Å². The molecule has 0 aromatic carbocycles. The Labute approximate surface area is 78.9 Å². The number of nitrogens with zero attached hydrogens (tertiary/aromatic N) is 3. The second kappa shape index (κ2) is 2.61. The highest BCUT2D eigenvalue weighted by Gasteiger charge is 2.05. The third-order valence-corrected chi connectivity index (χ3v) is 2.04. The van der Waals surface area contributed by atoms with Crippen LogP contribution in [0.2, 0.25) is 10.3 Å². The van der Waals surface area contributed by atoms with Crippen LogP contribution in [0.3, 0.4) is 0 Å². The molecule has 0 saturated carbocycles. The van der Waals surface area contributed by atoms with Crippen LogP contribution in [0.25, 0.3) is 5.65 Å². The van der Waals surface area contributed by atoms with Crippen LogP contribution in [-0.2, 0) is 0 Å². The summed E-state index contributed by atoms with van der Waals surface area (Å²) < 4.78 is 1.54. The molecule has 0 fully saturated rings. The van der Waals surface area contributed by atoms with E-state index >= 15 is 0 Å². The van der Waals surface area contributed by atoms with Gasteiger partial charge >= 0.3 is 0 Å². The third kappa shape index (κ3) is 1.06. The number of aromatic nitrogens is 3. The summed E-state index contributed by atoms with van der Waals surface area (Å²) in [6.07, 6.45) is 1.70. The maximum Gasteiger partial charge on any atom is 0.161 e. The summed E-state index contributed by atoms with van der Waals surface area (Å²) in [5, 5.41) is 4.88. The Balaban J connectivity index is 2.92. The van der Waals surface area contributed by atoms with E-state index in [0.29, 0.717) is 16.0 Å². The predicted molar refractivity (Wildman–Crippen MR) is 47.7 cm³/mol. The molecule has 0 aliphatic rings. The molecule has 0 spiro atoms. The van der Waals surface area contributed by atoms with E-state index in [-0.39, 0.29) is 0 Å². The summed E-state index contributed by atoms with van der Waals surface area (Å²) in [5.41, 5.74) is 1.66. The van der Waals surface area contributed by atoms with Gasteiger partial charge in [-0.1, -0.05) is 23.2 Å². The number of halogens is 2. The SMILES string of the molecule is Cc1cnn2c(Cl)cc(Cl)nc12. The van der Waals surface area contributed by atoms with E-state index in [1.54, 1.807) is 16.8 Å². The Morgan fingerprint density at radius 2 is 2.17 bits per heavy atom. The van der Waals surface area contributed by atoms with Crippen LogP contribution in [0, 0.1) is 6.92 Å². The van der Waals surface area contributed by atoms with E-state index in [0.717, 1.165) is 5.56 Å². The zero-order chi connectivity index (χ0) is 8.72. The Hall–Kier alpha value is -0.800. The van der Waals surface area contributed by atoms with Crippen molar-refractivity contribution < 1.29 is 0 Å². The van der Waals surface area contributed by atoms with Gasteiger partial charge in [0.25, 0.3) is 0 Å². The molecule has 2 heterocycles. The van der Waals surface area contributed by atoms with Gasteiger partial charge in [0.15, 0.2) is 5.65 Å². The van der Waals surface area contributed by atoms with Crippen molar-refractivity contribution in [1.82, 2.24) is 14.6 Å². The van der Waals surface area contributed by atoms with Crippen LogP contribution >= 0.6 is 23.2 Å². The van der Waals surface area contributed by atoms with Crippen molar-refractivity contribution in [3.05, 3.63) is 28.1 Å². The molecule has 2 aromatic heterocycles. The largest absolute Gasteiger partial charge is 0.216 e. The van der Waals surface area contributed by atoms with Crippen molar-refractivity contribution in [1.29, 1.82) is 0 Å². The smallest absolute Gasteiger partial charge is 0.161 e. The molecular weight excluding hydrogens is 197 g/mol. The monoisotopic (exact) mass is 201 g/mol. The van der Waals surface area contributed by atoms with E-state index < -0.39 is 0 Å². The van der Waals surface area contributed by atoms with Crippen molar-refractivity contribution in [3.8, 4) is 0 Å². The first kappa shape index (κ1) is 7.83. The fourth-order valence-corrected chi connectivity index (χ4v) is 1.47. The molecule has 0 atom stereocenters. The van der Waals surface area contributed by atoms with Crippen LogP contribution in [-0.4, -0.2) is 14.6 Å². The summed E-state index contributed by atoms with van der Waals surface area (Å²) >= 11 is 11.6. The van der Waals surface area contributed by atoms with Crippen molar-refractivity contribution in [2.24, 2.45) is 0 Å². The Morgan fingerprint density at radius 3 is 2.92 bits per heavy atom. The fourth-order valence-electron chi connectivity index (χ4n) is 1.01. The minimum atomic E-state index is 0.385. The Kier molecular flexibility index (Phi) is 1.70. The molecule has 12 heavy (non-hydrogen) atoms. The second-order valence-electron chi connectivity index (χ2n) is 2.46. The average Bonchev–Trinajstić information content (AvgIpc) is 2.33. The molecule has 5 heteroatoms. The van der Waals surface area contributed by atoms with E-state index in [1.807, 2.05) is 6.92 Å². The Morgan fingerprint density at radius 1 is 1.42 bits per heavy atom. The molecule has 0 unspecified atom stereocenters. The zero-order valence-electron chi connectivity index (χ0n) is 6.25. The van der Waals surface area contributed by atoms with Crippen molar-refractivity contribution in [2.75, 3.05) is 0 Å². The molecular formula is C7H5Cl2N3. The molecule has 62 valence electrons. The highest BCUT2D eigenvalue weighted by atomic mass is 35.5. The standard InChI is InChI=1S/C7H5Cl2N3/c1-4-3-10-12-6(9)2-5(8)11-7(4)12/h2-3H,1H3. The fraction of sp³-hybridized carbons (Fsp3) is 0.143. The number of fused-ring (bicyclic) bond motifs is 1. The molecule has 0 bridgehead atoms. The first-order valence-corrected chi connectivity index (χ1v) is 4.10. The van der Waals surface area contributed by atoms with Crippen LogP contribution in [0.4, 0.5) is 0 Å². The van der Waals surface area contributed by atoms with Gasteiger partial charge in [-0.25, -0.2) is 9.50 Å². The first-order valence-electron chi connectivity index (χ1n) is 3.35. The maximum absolute atomic E-state index is 5.85. The minimum Gasteiger partial charge on any atom is -0.216 e. The maximum atomic E-state index is 5.85. The Bertz CT molecular complexity index is 435. The van der Waals surface area contributed by atoms with E-state index in [9.17, 15) is 0 Å². The van der Waals surface area contributed by atoms with E-state index in [1.165, 1.54) is 0 Å². The molecule has 0 amide bonds. The predicted octanol–water partition coefficient (Wildman–Crippen LogP) is 2.34. The van der Waals surface area contributed by atoms with Gasteiger partial charge in [0.05, 0.1) is 6.20 Å². The summed E-state index contributed by atoms with van der Waals surface area (Å²) in [5.74, 6) is 0. The van der Waals surface area contributed by atoms with Gasteiger partial charge in [-0.15, -0.1) is 0 Å². The summed E-state index contributed by atoms with van der Waals surface area (Å²) in [7, 11) is 0. The normalized spacial score (nSPS) is 10.9. The van der Waals surface area contributed by atoms with Crippen molar-refractivity contribution in [2.45, 2.75) is 6.92 Å². The number of hydrogen-bond acceptors (Lipinski definition) is 2. The van der Waals surface area contributed by atoms with Gasteiger partial charge in [0.1, 0.15) is 10.3 Å². The van der Waals surface area contributed by atoms with E-state index in [2.05, 4.69) is 10.1 Å². The van der Waals surface area contributed by atoms with Crippen LogP contribution in [0.5, 0.6) is 0 Å². The van der Waals surface area contributed by atoms with Crippen molar-refractivity contribution >= 4 is 28.8 Å². The molecule has 2 rings (SSSR count). The third-order valence-electron chi connectivity index (χ3n) is 1.57. The average molecular weight is 202 g/mol. The van der Waals surface area contributed by atoms with Gasteiger partial charge in [0.2, 0.25) is 0 Å². The van der Waals surface area contributed by atoms with Crippen LogP contribution in [0.1, 0.15) is 5.56 Å². The minimum absolute atomic E-state index is 0.385. The van der Waals surface area contributed by atoms with Gasteiger partial charge in [-0.2, -0.15) is 5.10 Å². The molecule has 0 radical (unpaired) electrons. The van der Waals surface area contributed by atoms with Crippen LogP contribution < -0.4 is 0 Å². The topological polar surface area (TPSA) is 30.2 Å². The lowest BCUT2D eigenvalue weighted by Crippen LogP contribution is -1.92. The van der Waals surface area contributed by atoms with E-state index in [4.69, 9.17) is 23.2 Å². The molecule has 0 aliphatic carbocycles. The number of aryl methyl sites for hydroxylation is 1. The molecule has 2 aromatic rings. The van der Waals surface area contributed by atoms with Crippen LogP contribution in [0.15, 0.2) is 12.3 Å². The lowest BCUT2D eigenvalue weighted by atomic mass is 10.4. The highest BCUT2D eigenvalue weighted by Crippen LogP contribution is 2.17. The number of hydrogen-bond donors (Lipinski definition) is 0. The highest BCUT2D eigenvalue weighted by molar-refractivity contribution is 6.33. The summed E-state index contributed by atoms with van der Waals surface area (Å²) in [6.45, 7) is 1.90. The molecule has 0 aliphatic heterocycles.